The van der Waals surface area contributed by atoms with E-state index in [4.69, 9.17) is 10.8 Å². The standard InChI is InChI=1S/C13H17NOS/c1-4-6-9-16-13-14-10-12(15-13)8-7-11(3)5-2/h2,7,10H,4,6,8-9H2,1,3H3/b11-7+. The molecule has 0 radical (unpaired) electrons. The van der Waals surface area contributed by atoms with E-state index in [1.165, 1.54) is 12.8 Å². The van der Waals surface area contributed by atoms with Gasteiger partial charge in [0, 0.05) is 12.2 Å². The molecule has 0 atom stereocenters. The zero-order chi connectivity index (χ0) is 11.8. The molecule has 0 aliphatic rings. The second kappa shape index (κ2) is 7.19. The van der Waals surface area contributed by atoms with Crippen molar-refractivity contribution in [2.24, 2.45) is 0 Å². The molecule has 0 bridgehead atoms. The number of unbranched alkanes of at least 4 members (excludes halogenated alkanes) is 1. The lowest BCUT2D eigenvalue weighted by Gasteiger charge is -1.93. The van der Waals surface area contributed by atoms with Crippen molar-refractivity contribution >= 4 is 11.8 Å². The van der Waals surface area contributed by atoms with Crippen LogP contribution in [0.5, 0.6) is 0 Å². The number of nitrogens with zero attached hydrogens (tertiary/aromatic N) is 1. The molecule has 0 saturated carbocycles. The molecule has 86 valence electrons. The Morgan fingerprint density at radius 1 is 1.69 bits per heavy atom. The number of rotatable bonds is 6. The van der Waals surface area contributed by atoms with Crippen LogP contribution >= 0.6 is 11.8 Å². The second-order valence-electron chi connectivity index (χ2n) is 3.53. The minimum absolute atomic E-state index is 0.720. The number of aromatic nitrogens is 1. The van der Waals surface area contributed by atoms with Gasteiger partial charge in [-0.05, 0) is 18.9 Å². The molecule has 0 aliphatic carbocycles. The fourth-order valence-corrected chi connectivity index (χ4v) is 1.97. The highest BCUT2D eigenvalue weighted by molar-refractivity contribution is 7.99. The molecule has 0 aromatic carbocycles. The number of thioether (sulfide) groups is 1. The van der Waals surface area contributed by atoms with E-state index in [2.05, 4.69) is 17.8 Å². The van der Waals surface area contributed by atoms with Gasteiger partial charge in [-0.25, -0.2) is 4.98 Å². The first kappa shape index (κ1) is 12.9. The highest BCUT2D eigenvalue weighted by atomic mass is 32.2. The van der Waals surface area contributed by atoms with Gasteiger partial charge in [-0.2, -0.15) is 0 Å². The molecular formula is C13H17NOS. The van der Waals surface area contributed by atoms with Gasteiger partial charge in [-0.3, -0.25) is 0 Å². The van der Waals surface area contributed by atoms with Gasteiger partial charge in [0.15, 0.2) is 0 Å². The Bertz CT molecular complexity index is 387. The molecule has 0 N–H and O–H groups in total. The lowest BCUT2D eigenvalue weighted by Crippen LogP contribution is -1.78. The van der Waals surface area contributed by atoms with Gasteiger partial charge in [-0.15, -0.1) is 6.42 Å². The third-order valence-electron chi connectivity index (χ3n) is 2.09. The van der Waals surface area contributed by atoms with Crippen molar-refractivity contribution in [1.29, 1.82) is 0 Å². The highest BCUT2D eigenvalue weighted by Crippen LogP contribution is 2.19. The second-order valence-corrected chi connectivity index (χ2v) is 4.58. The predicted molar refractivity (Wildman–Crippen MR) is 68.4 cm³/mol. The summed E-state index contributed by atoms with van der Waals surface area (Å²) in [5.41, 5.74) is 0.927. The fraction of sp³-hybridized carbons (Fsp3) is 0.462. The maximum Gasteiger partial charge on any atom is 0.255 e. The van der Waals surface area contributed by atoms with Crippen LogP contribution in [0.1, 0.15) is 32.4 Å². The van der Waals surface area contributed by atoms with Crippen LogP contribution in [0.15, 0.2) is 27.5 Å². The summed E-state index contributed by atoms with van der Waals surface area (Å²) in [5, 5.41) is 0.759. The topological polar surface area (TPSA) is 26.0 Å². The zero-order valence-electron chi connectivity index (χ0n) is 9.82. The molecule has 0 fully saturated rings. The molecule has 0 amide bonds. The van der Waals surface area contributed by atoms with Crippen LogP contribution in [-0.4, -0.2) is 10.7 Å². The maximum atomic E-state index is 5.56. The summed E-state index contributed by atoms with van der Waals surface area (Å²) >= 11 is 1.67. The Balaban J connectivity index is 2.43. The Hall–Kier alpha value is -1.14. The van der Waals surface area contributed by atoms with Crippen LogP contribution in [-0.2, 0) is 6.42 Å². The summed E-state index contributed by atoms with van der Waals surface area (Å²) in [5.74, 6) is 4.51. The highest BCUT2D eigenvalue weighted by Gasteiger charge is 2.02. The number of hydrogen-bond donors (Lipinski definition) is 0. The fourth-order valence-electron chi connectivity index (χ4n) is 1.07. The first-order valence-electron chi connectivity index (χ1n) is 5.47. The molecule has 1 aromatic rings. The number of oxazole rings is 1. The van der Waals surface area contributed by atoms with Gasteiger partial charge in [0.05, 0.1) is 6.20 Å². The van der Waals surface area contributed by atoms with Crippen LogP contribution in [0.2, 0.25) is 0 Å². The number of allylic oxidation sites excluding steroid dienone is 2. The van der Waals surface area contributed by atoms with Crippen molar-refractivity contribution in [1.82, 2.24) is 4.98 Å². The van der Waals surface area contributed by atoms with Crippen molar-refractivity contribution in [2.75, 3.05) is 5.75 Å². The maximum absolute atomic E-state index is 5.56. The third-order valence-corrected chi connectivity index (χ3v) is 3.02. The lowest BCUT2D eigenvalue weighted by atomic mass is 10.2. The van der Waals surface area contributed by atoms with Gasteiger partial charge in [0.25, 0.3) is 5.22 Å². The Labute approximate surface area is 102 Å². The molecular weight excluding hydrogens is 218 g/mol. The summed E-state index contributed by atoms with van der Waals surface area (Å²) in [7, 11) is 0. The van der Waals surface area contributed by atoms with E-state index >= 15 is 0 Å². The summed E-state index contributed by atoms with van der Waals surface area (Å²) in [6.07, 6.45) is 12.1. The van der Waals surface area contributed by atoms with Crippen LogP contribution < -0.4 is 0 Å². The minimum Gasteiger partial charge on any atom is -0.436 e. The van der Waals surface area contributed by atoms with Gasteiger partial charge in [-0.1, -0.05) is 37.1 Å². The Morgan fingerprint density at radius 3 is 3.19 bits per heavy atom. The van der Waals surface area contributed by atoms with E-state index in [1.807, 2.05) is 13.0 Å². The van der Waals surface area contributed by atoms with Crippen LogP contribution in [0.3, 0.4) is 0 Å². The van der Waals surface area contributed by atoms with E-state index in [0.717, 1.165) is 28.7 Å². The monoisotopic (exact) mass is 235 g/mol. The van der Waals surface area contributed by atoms with Crippen LogP contribution in [0.4, 0.5) is 0 Å². The smallest absolute Gasteiger partial charge is 0.255 e. The molecule has 0 saturated heterocycles. The van der Waals surface area contributed by atoms with E-state index in [-0.39, 0.29) is 0 Å². The SMILES string of the molecule is C#C/C(C)=C/Cc1cnc(SCCCC)o1. The number of hydrogen-bond acceptors (Lipinski definition) is 3. The molecule has 2 nitrogen and oxygen atoms in total. The first-order chi connectivity index (χ1) is 7.76. The summed E-state index contributed by atoms with van der Waals surface area (Å²) in [6, 6.07) is 0. The molecule has 1 aromatic heterocycles. The van der Waals surface area contributed by atoms with E-state index in [1.54, 1.807) is 18.0 Å². The van der Waals surface area contributed by atoms with Crippen LogP contribution in [0, 0.1) is 12.3 Å². The van der Waals surface area contributed by atoms with Crippen molar-refractivity contribution in [3.05, 3.63) is 23.6 Å². The molecule has 0 unspecified atom stereocenters. The van der Waals surface area contributed by atoms with Crippen LogP contribution in [0.25, 0.3) is 0 Å². The molecule has 16 heavy (non-hydrogen) atoms. The predicted octanol–water partition coefficient (Wildman–Crippen LogP) is 3.69. The average Bonchev–Trinajstić information content (AvgIpc) is 2.74. The Morgan fingerprint density at radius 2 is 2.50 bits per heavy atom. The van der Waals surface area contributed by atoms with Crippen molar-refractivity contribution in [3.63, 3.8) is 0 Å². The lowest BCUT2D eigenvalue weighted by molar-refractivity contribution is 0.424. The Kier molecular flexibility index (Phi) is 5.81. The molecule has 0 aliphatic heterocycles. The van der Waals surface area contributed by atoms with E-state index < -0.39 is 0 Å². The number of terminal acetylenes is 1. The largest absolute Gasteiger partial charge is 0.436 e. The minimum atomic E-state index is 0.720. The van der Waals surface area contributed by atoms with Crippen molar-refractivity contribution < 1.29 is 4.42 Å². The quantitative estimate of drug-likeness (QED) is 0.427. The van der Waals surface area contributed by atoms with Crippen molar-refractivity contribution in [3.8, 4) is 12.3 Å². The summed E-state index contributed by atoms with van der Waals surface area (Å²) in [4.78, 5) is 4.21. The van der Waals surface area contributed by atoms with Gasteiger partial charge in [0.1, 0.15) is 5.76 Å². The van der Waals surface area contributed by atoms with Crippen molar-refractivity contribution in [2.45, 2.75) is 38.3 Å². The van der Waals surface area contributed by atoms with Gasteiger partial charge < -0.3 is 4.42 Å². The molecule has 1 rings (SSSR count). The third kappa shape index (κ3) is 4.59. The summed E-state index contributed by atoms with van der Waals surface area (Å²) < 4.78 is 5.56. The van der Waals surface area contributed by atoms with Gasteiger partial charge in [0.2, 0.25) is 0 Å². The average molecular weight is 235 g/mol. The molecule has 3 heteroatoms. The van der Waals surface area contributed by atoms with Gasteiger partial charge >= 0.3 is 0 Å². The normalized spacial score (nSPS) is 11.4. The summed E-state index contributed by atoms with van der Waals surface area (Å²) in [6.45, 7) is 4.09. The molecule has 1 heterocycles. The molecule has 0 spiro atoms. The zero-order valence-corrected chi connectivity index (χ0v) is 10.6. The van der Waals surface area contributed by atoms with E-state index in [0.29, 0.717) is 0 Å². The first-order valence-corrected chi connectivity index (χ1v) is 6.45. The van der Waals surface area contributed by atoms with E-state index in [9.17, 15) is 0 Å².